The summed E-state index contributed by atoms with van der Waals surface area (Å²) in [5, 5.41) is 7.14. The molecule has 1 saturated carbocycles. The molecule has 0 unspecified atom stereocenters. The number of thioether (sulfide) groups is 1. The molecule has 2 heterocycles. The molecule has 3 aromatic rings. The van der Waals surface area contributed by atoms with Crippen LogP contribution in [-0.4, -0.2) is 33.3 Å². The highest BCUT2D eigenvalue weighted by Gasteiger charge is 2.34. The highest BCUT2D eigenvalue weighted by Crippen LogP contribution is 2.30. The van der Waals surface area contributed by atoms with Gasteiger partial charge in [0.05, 0.1) is 0 Å². The van der Waals surface area contributed by atoms with Gasteiger partial charge in [0.2, 0.25) is 0 Å². The second-order valence-electron chi connectivity index (χ2n) is 6.59. The SMILES string of the molecule is CSc1ccc(CN(C(=O)c2cc(-c3ccc(C)o3)[nH]n2)C2CC2)cc1. The van der Waals surface area contributed by atoms with Gasteiger partial charge in [-0.05, 0) is 55.9 Å². The smallest absolute Gasteiger partial charge is 0.274 e. The average Bonchev–Trinajstić information content (AvgIpc) is 3.21. The zero-order chi connectivity index (χ0) is 18.1. The molecular formula is C20H21N3O2S. The quantitative estimate of drug-likeness (QED) is 0.652. The van der Waals surface area contributed by atoms with Crippen LogP contribution in [-0.2, 0) is 6.54 Å². The maximum atomic E-state index is 13.0. The Hall–Kier alpha value is -2.47. The van der Waals surface area contributed by atoms with E-state index in [0.717, 1.165) is 29.9 Å². The number of aromatic nitrogens is 2. The van der Waals surface area contributed by atoms with Crippen molar-refractivity contribution < 1.29 is 9.21 Å². The number of hydrogen-bond donors (Lipinski definition) is 1. The summed E-state index contributed by atoms with van der Waals surface area (Å²) in [5.41, 5.74) is 2.30. The van der Waals surface area contributed by atoms with Gasteiger partial charge in [0.25, 0.3) is 5.91 Å². The van der Waals surface area contributed by atoms with Gasteiger partial charge in [-0.15, -0.1) is 11.8 Å². The third-order valence-electron chi connectivity index (χ3n) is 4.56. The molecule has 0 aliphatic heterocycles. The summed E-state index contributed by atoms with van der Waals surface area (Å²) < 4.78 is 5.60. The zero-order valence-corrected chi connectivity index (χ0v) is 15.7. The van der Waals surface area contributed by atoms with Crippen LogP contribution in [0.4, 0.5) is 0 Å². The second kappa shape index (κ2) is 7.03. The van der Waals surface area contributed by atoms with Crippen molar-refractivity contribution in [3.05, 3.63) is 59.5 Å². The van der Waals surface area contributed by atoms with Crippen LogP contribution in [0.3, 0.4) is 0 Å². The Kier molecular flexibility index (Phi) is 4.59. The molecule has 1 aliphatic rings. The maximum Gasteiger partial charge on any atom is 0.274 e. The third kappa shape index (κ3) is 3.55. The van der Waals surface area contributed by atoms with E-state index in [2.05, 4.69) is 40.7 Å². The molecule has 26 heavy (non-hydrogen) atoms. The van der Waals surface area contributed by atoms with Crippen LogP contribution < -0.4 is 0 Å². The number of rotatable bonds is 6. The van der Waals surface area contributed by atoms with Gasteiger partial charge >= 0.3 is 0 Å². The summed E-state index contributed by atoms with van der Waals surface area (Å²) in [6.45, 7) is 2.50. The van der Waals surface area contributed by atoms with Gasteiger partial charge in [0.15, 0.2) is 11.5 Å². The zero-order valence-electron chi connectivity index (χ0n) is 14.9. The number of aryl methyl sites for hydroxylation is 1. The topological polar surface area (TPSA) is 62.1 Å². The lowest BCUT2D eigenvalue weighted by molar-refractivity contribution is 0.0724. The lowest BCUT2D eigenvalue weighted by atomic mass is 10.2. The summed E-state index contributed by atoms with van der Waals surface area (Å²) in [5.74, 6) is 1.49. The predicted molar refractivity (Wildman–Crippen MR) is 102 cm³/mol. The van der Waals surface area contributed by atoms with E-state index in [9.17, 15) is 4.79 Å². The Morgan fingerprint density at radius 3 is 2.65 bits per heavy atom. The number of furan rings is 1. The van der Waals surface area contributed by atoms with Crippen LogP contribution in [0.1, 0.15) is 34.7 Å². The van der Waals surface area contributed by atoms with E-state index in [1.165, 1.54) is 4.90 Å². The summed E-state index contributed by atoms with van der Waals surface area (Å²) in [4.78, 5) is 16.2. The fraction of sp³-hybridized carbons (Fsp3) is 0.300. The first-order chi connectivity index (χ1) is 12.6. The number of carbonyl (C=O) groups excluding carboxylic acids is 1. The molecule has 1 aromatic carbocycles. The monoisotopic (exact) mass is 367 g/mol. The minimum absolute atomic E-state index is 0.0350. The molecule has 1 amide bonds. The minimum atomic E-state index is -0.0350. The highest BCUT2D eigenvalue weighted by molar-refractivity contribution is 7.98. The summed E-state index contributed by atoms with van der Waals surface area (Å²) in [6, 6.07) is 14.2. The lowest BCUT2D eigenvalue weighted by Gasteiger charge is -2.21. The van der Waals surface area contributed by atoms with Gasteiger partial charge in [0.1, 0.15) is 11.5 Å². The van der Waals surface area contributed by atoms with Crippen LogP contribution in [0.2, 0.25) is 0 Å². The van der Waals surface area contributed by atoms with Crippen molar-refractivity contribution in [2.45, 2.75) is 37.2 Å². The first kappa shape index (κ1) is 17.0. The van der Waals surface area contributed by atoms with E-state index in [1.54, 1.807) is 17.8 Å². The van der Waals surface area contributed by atoms with Crippen molar-refractivity contribution in [3.63, 3.8) is 0 Å². The molecule has 4 rings (SSSR count). The maximum absolute atomic E-state index is 13.0. The van der Waals surface area contributed by atoms with Gasteiger partial charge in [0, 0.05) is 23.5 Å². The predicted octanol–water partition coefficient (Wildman–Crippen LogP) is 4.50. The molecule has 0 radical (unpaired) electrons. The molecule has 1 N–H and O–H groups in total. The summed E-state index contributed by atoms with van der Waals surface area (Å²) in [7, 11) is 0. The average molecular weight is 367 g/mol. The third-order valence-corrected chi connectivity index (χ3v) is 5.31. The summed E-state index contributed by atoms with van der Waals surface area (Å²) in [6.07, 6.45) is 4.18. The van der Waals surface area contributed by atoms with E-state index >= 15 is 0 Å². The molecule has 5 nitrogen and oxygen atoms in total. The standard InChI is InChI=1S/C20H21N3O2S/c1-13-3-10-19(25-13)17-11-18(22-21-17)20(24)23(15-6-7-15)12-14-4-8-16(26-2)9-5-14/h3-5,8-11,15H,6-7,12H2,1-2H3,(H,21,22). The van der Waals surface area contributed by atoms with Crippen LogP contribution in [0, 0.1) is 6.92 Å². The normalized spacial score (nSPS) is 13.8. The second-order valence-corrected chi connectivity index (χ2v) is 7.47. The van der Waals surface area contributed by atoms with E-state index in [4.69, 9.17) is 4.42 Å². The van der Waals surface area contributed by atoms with Crippen molar-refractivity contribution in [2.24, 2.45) is 0 Å². The van der Waals surface area contributed by atoms with E-state index < -0.39 is 0 Å². The molecule has 1 aliphatic carbocycles. The first-order valence-electron chi connectivity index (χ1n) is 8.70. The van der Waals surface area contributed by atoms with Gasteiger partial charge in [-0.2, -0.15) is 5.10 Å². The number of aromatic amines is 1. The van der Waals surface area contributed by atoms with Crippen molar-refractivity contribution in [2.75, 3.05) is 6.26 Å². The number of nitrogens with zero attached hydrogens (tertiary/aromatic N) is 2. The van der Waals surface area contributed by atoms with Crippen molar-refractivity contribution >= 4 is 17.7 Å². The lowest BCUT2D eigenvalue weighted by Crippen LogP contribution is -2.32. The summed E-state index contributed by atoms with van der Waals surface area (Å²) >= 11 is 1.72. The highest BCUT2D eigenvalue weighted by atomic mass is 32.2. The number of H-pyrrole nitrogens is 1. The molecular weight excluding hydrogens is 346 g/mol. The van der Waals surface area contributed by atoms with Crippen LogP contribution in [0.5, 0.6) is 0 Å². The van der Waals surface area contributed by atoms with Crippen molar-refractivity contribution in [3.8, 4) is 11.5 Å². The van der Waals surface area contributed by atoms with Crippen LogP contribution in [0.25, 0.3) is 11.5 Å². The Balaban J connectivity index is 1.53. The largest absolute Gasteiger partial charge is 0.460 e. The fourth-order valence-corrected chi connectivity index (χ4v) is 3.37. The molecule has 1 fully saturated rings. The molecule has 0 atom stereocenters. The first-order valence-corrected chi connectivity index (χ1v) is 9.92. The Morgan fingerprint density at radius 2 is 2.04 bits per heavy atom. The van der Waals surface area contributed by atoms with E-state index in [1.807, 2.05) is 24.0 Å². The number of carbonyl (C=O) groups is 1. The molecule has 0 saturated heterocycles. The van der Waals surface area contributed by atoms with E-state index in [-0.39, 0.29) is 5.91 Å². The van der Waals surface area contributed by atoms with Gasteiger partial charge in [-0.1, -0.05) is 12.1 Å². The molecule has 134 valence electrons. The Bertz CT molecular complexity index is 909. The molecule has 0 spiro atoms. The number of nitrogens with one attached hydrogen (secondary N) is 1. The van der Waals surface area contributed by atoms with Crippen LogP contribution in [0.15, 0.2) is 51.8 Å². The Labute approximate surface area is 156 Å². The molecule has 2 aromatic heterocycles. The fourth-order valence-electron chi connectivity index (χ4n) is 2.96. The number of benzene rings is 1. The number of amides is 1. The van der Waals surface area contributed by atoms with Gasteiger partial charge in [-0.25, -0.2) is 0 Å². The minimum Gasteiger partial charge on any atom is -0.460 e. The van der Waals surface area contributed by atoms with Gasteiger partial charge in [-0.3, -0.25) is 9.89 Å². The van der Waals surface area contributed by atoms with Crippen molar-refractivity contribution in [1.82, 2.24) is 15.1 Å². The molecule has 0 bridgehead atoms. The van der Waals surface area contributed by atoms with Gasteiger partial charge < -0.3 is 9.32 Å². The molecule has 6 heteroatoms. The van der Waals surface area contributed by atoms with Crippen LogP contribution >= 0.6 is 11.8 Å². The number of hydrogen-bond acceptors (Lipinski definition) is 4. The Morgan fingerprint density at radius 1 is 1.27 bits per heavy atom. The van der Waals surface area contributed by atoms with Crippen molar-refractivity contribution in [1.29, 1.82) is 0 Å². The van der Waals surface area contributed by atoms with E-state index in [0.29, 0.717) is 24.0 Å².